The van der Waals surface area contributed by atoms with Crippen LogP contribution in [0.15, 0.2) is 23.3 Å². The van der Waals surface area contributed by atoms with Gasteiger partial charge >= 0.3 is 0 Å². The summed E-state index contributed by atoms with van der Waals surface area (Å²) in [4.78, 5) is 13.7. The summed E-state index contributed by atoms with van der Waals surface area (Å²) in [5.41, 5.74) is 6.93. The molecule has 1 aliphatic heterocycles. The molecule has 1 aliphatic rings. The van der Waals surface area contributed by atoms with Gasteiger partial charge in [-0.1, -0.05) is 26.3 Å². The first-order valence-electron chi connectivity index (χ1n) is 8.69. The fraction of sp³-hybridized carbons (Fsp3) is 0.647. The van der Waals surface area contributed by atoms with Gasteiger partial charge in [0.2, 0.25) is 0 Å². The van der Waals surface area contributed by atoms with Gasteiger partial charge in [-0.05, 0) is 24.6 Å². The van der Waals surface area contributed by atoms with E-state index in [-0.39, 0.29) is 0 Å². The molecule has 128 valence electrons. The number of hydrogen-bond acceptors (Lipinski definition) is 4. The molecule has 1 fully saturated rings. The summed E-state index contributed by atoms with van der Waals surface area (Å²) in [6, 6.07) is 4.19. The minimum absolute atomic E-state index is 0.512. The number of anilines is 1. The first-order valence-corrected chi connectivity index (χ1v) is 8.69. The van der Waals surface area contributed by atoms with Crippen molar-refractivity contribution in [3.05, 3.63) is 23.9 Å². The number of nitrogens with two attached hydrogens (primary N) is 1. The molecule has 0 saturated carbocycles. The molecule has 0 atom stereocenters. The normalized spacial score (nSPS) is 16.6. The second kappa shape index (κ2) is 9.35. The van der Waals surface area contributed by atoms with Gasteiger partial charge in [-0.3, -0.25) is 0 Å². The van der Waals surface area contributed by atoms with Crippen LogP contribution in [-0.2, 0) is 6.54 Å². The van der Waals surface area contributed by atoms with E-state index in [1.165, 1.54) is 0 Å². The van der Waals surface area contributed by atoms with E-state index in [0.717, 1.165) is 63.5 Å². The summed E-state index contributed by atoms with van der Waals surface area (Å²) in [5.74, 6) is 1.57. The highest BCUT2D eigenvalue weighted by Gasteiger charge is 2.16. The highest BCUT2D eigenvalue weighted by Crippen LogP contribution is 2.14. The lowest BCUT2D eigenvalue weighted by atomic mass is 10.2. The van der Waals surface area contributed by atoms with Gasteiger partial charge in [-0.25, -0.2) is 9.98 Å². The Morgan fingerprint density at radius 2 is 2.04 bits per heavy atom. The molecule has 1 aromatic rings. The van der Waals surface area contributed by atoms with Crippen molar-refractivity contribution in [3.8, 4) is 0 Å². The Balaban J connectivity index is 1.81. The molecule has 6 heteroatoms. The number of rotatable bonds is 7. The van der Waals surface area contributed by atoms with Crippen LogP contribution in [0, 0.1) is 0 Å². The minimum Gasteiger partial charge on any atom is -0.370 e. The molecular formula is C17H30N6. The summed E-state index contributed by atoms with van der Waals surface area (Å²) < 4.78 is 0. The van der Waals surface area contributed by atoms with E-state index in [2.05, 4.69) is 51.1 Å². The Morgan fingerprint density at radius 1 is 1.26 bits per heavy atom. The number of guanidine groups is 1. The van der Waals surface area contributed by atoms with Gasteiger partial charge in [0.05, 0.1) is 6.54 Å². The number of hydrogen-bond donors (Lipinski definition) is 2. The van der Waals surface area contributed by atoms with Crippen LogP contribution >= 0.6 is 0 Å². The molecule has 23 heavy (non-hydrogen) atoms. The zero-order valence-electron chi connectivity index (χ0n) is 14.5. The molecule has 0 unspecified atom stereocenters. The number of pyridine rings is 1. The van der Waals surface area contributed by atoms with E-state index >= 15 is 0 Å². The van der Waals surface area contributed by atoms with Gasteiger partial charge in [0.25, 0.3) is 0 Å². The topological polar surface area (TPSA) is 69.8 Å². The van der Waals surface area contributed by atoms with E-state index < -0.39 is 0 Å². The number of nitrogens with one attached hydrogen (secondary N) is 1. The SMILES string of the molecule is CCCCNC(N)=NCc1ccc(N2CCN(CC)CC2)nc1. The summed E-state index contributed by atoms with van der Waals surface area (Å²) >= 11 is 0. The van der Waals surface area contributed by atoms with E-state index in [9.17, 15) is 0 Å². The van der Waals surface area contributed by atoms with Crippen LogP contribution in [-0.4, -0.2) is 55.1 Å². The average Bonchev–Trinajstić information content (AvgIpc) is 2.61. The minimum atomic E-state index is 0.512. The first kappa shape index (κ1) is 17.5. The van der Waals surface area contributed by atoms with Gasteiger partial charge in [0.15, 0.2) is 5.96 Å². The fourth-order valence-corrected chi connectivity index (χ4v) is 2.62. The van der Waals surface area contributed by atoms with Crippen molar-refractivity contribution >= 4 is 11.8 Å². The third-order valence-electron chi connectivity index (χ3n) is 4.22. The number of nitrogens with zero attached hydrogens (tertiary/aromatic N) is 4. The zero-order valence-corrected chi connectivity index (χ0v) is 14.5. The van der Waals surface area contributed by atoms with Crippen molar-refractivity contribution in [3.63, 3.8) is 0 Å². The number of piperazine rings is 1. The fourth-order valence-electron chi connectivity index (χ4n) is 2.62. The lowest BCUT2D eigenvalue weighted by Gasteiger charge is -2.34. The van der Waals surface area contributed by atoms with E-state index in [1.54, 1.807) is 0 Å². The maximum atomic E-state index is 5.84. The second-order valence-electron chi connectivity index (χ2n) is 5.93. The molecule has 0 bridgehead atoms. The van der Waals surface area contributed by atoms with E-state index in [0.29, 0.717) is 12.5 Å². The van der Waals surface area contributed by atoms with Gasteiger partial charge in [0.1, 0.15) is 5.82 Å². The number of likely N-dealkylation sites (N-methyl/N-ethyl adjacent to an activating group) is 1. The predicted molar refractivity (Wildman–Crippen MR) is 96.8 cm³/mol. The van der Waals surface area contributed by atoms with Crippen molar-refractivity contribution in [2.24, 2.45) is 10.7 Å². The summed E-state index contributed by atoms with van der Waals surface area (Å²) in [6.45, 7) is 11.3. The maximum Gasteiger partial charge on any atom is 0.188 e. The third-order valence-corrected chi connectivity index (χ3v) is 4.22. The monoisotopic (exact) mass is 318 g/mol. The van der Waals surface area contributed by atoms with Crippen LogP contribution < -0.4 is 16.0 Å². The Kier molecular flexibility index (Phi) is 7.13. The van der Waals surface area contributed by atoms with Crippen LogP contribution in [0.4, 0.5) is 5.82 Å². The molecule has 1 saturated heterocycles. The Labute approximate surface area is 139 Å². The molecule has 0 aromatic carbocycles. The van der Waals surface area contributed by atoms with Gasteiger partial charge < -0.3 is 20.9 Å². The molecule has 0 spiro atoms. The molecule has 0 amide bonds. The van der Waals surface area contributed by atoms with E-state index in [4.69, 9.17) is 5.73 Å². The third kappa shape index (κ3) is 5.71. The summed E-state index contributed by atoms with van der Waals surface area (Å²) in [5, 5.41) is 3.12. The lowest BCUT2D eigenvalue weighted by Crippen LogP contribution is -2.46. The Hall–Kier alpha value is -1.82. The molecular weight excluding hydrogens is 288 g/mol. The van der Waals surface area contributed by atoms with Crippen LogP contribution in [0.3, 0.4) is 0 Å². The van der Waals surface area contributed by atoms with Crippen molar-refractivity contribution in [2.45, 2.75) is 33.2 Å². The smallest absolute Gasteiger partial charge is 0.188 e. The van der Waals surface area contributed by atoms with Crippen molar-refractivity contribution in [1.82, 2.24) is 15.2 Å². The average molecular weight is 318 g/mol. The predicted octanol–water partition coefficient (Wildman–Crippen LogP) is 1.43. The second-order valence-corrected chi connectivity index (χ2v) is 5.93. The molecule has 0 aliphatic carbocycles. The quantitative estimate of drug-likeness (QED) is 0.452. The van der Waals surface area contributed by atoms with Crippen LogP contribution in [0.25, 0.3) is 0 Å². The van der Waals surface area contributed by atoms with Gasteiger partial charge in [0, 0.05) is 38.9 Å². The highest BCUT2D eigenvalue weighted by molar-refractivity contribution is 5.77. The largest absolute Gasteiger partial charge is 0.370 e. The standard InChI is InChI=1S/C17H30N6/c1-3-5-8-19-17(18)21-14-15-6-7-16(20-13-15)23-11-9-22(4-2)10-12-23/h6-7,13H,3-5,8-12,14H2,1-2H3,(H3,18,19,21). The van der Waals surface area contributed by atoms with Crippen molar-refractivity contribution in [2.75, 3.05) is 44.2 Å². The highest BCUT2D eigenvalue weighted by atomic mass is 15.3. The molecule has 0 radical (unpaired) electrons. The summed E-state index contributed by atoms with van der Waals surface area (Å²) in [6.07, 6.45) is 4.17. The lowest BCUT2D eigenvalue weighted by molar-refractivity contribution is 0.270. The van der Waals surface area contributed by atoms with Gasteiger partial charge in [-0.15, -0.1) is 0 Å². The number of aliphatic imine (C=N–C) groups is 1. The Bertz CT molecular complexity index is 476. The van der Waals surface area contributed by atoms with Crippen LogP contribution in [0.1, 0.15) is 32.3 Å². The van der Waals surface area contributed by atoms with Gasteiger partial charge in [-0.2, -0.15) is 0 Å². The molecule has 1 aromatic heterocycles. The Morgan fingerprint density at radius 3 is 2.65 bits per heavy atom. The maximum absolute atomic E-state index is 5.84. The first-order chi connectivity index (χ1) is 11.2. The number of aromatic nitrogens is 1. The van der Waals surface area contributed by atoms with Crippen LogP contribution in [0.2, 0.25) is 0 Å². The molecule has 2 heterocycles. The number of unbranched alkanes of at least 4 members (excludes halogenated alkanes) is 1. The van der Waals surface area contributed by atoms with E-state index in [1.807, 2.05) is 6.20 Å². The van der Waals surface area contributed by atoms with Crippen LogP contribution in [0.5, 0.6) is 0 Å². The zero-order chi connectivity index (χ0) is 16.5. The van der Waals surface area contributed by atoms with Crippen molar-refractivity contribution < 1.29 is 0 Å². The molecule has 6 nitrogen and oxygen atoms in total. The molecule has 3 N–H and O–H groups in total. The molecule has 2 rings (SSSR count). The summed E-state index contributed by atoms with van der Waals surface area (Å²) in [7, 11) is 0. The van der Waals surface area contributed by atoms with Crippen molar-refractivity contribution in [1.29, 1.82) is 0 Å².